The first-order chi connectivity index (χ1) is 12.0. The molecule has 1 heterocycles. The number of carbonyl (C=O) groups excluding carboxylic acids is 1. The molecule has 0 amide bonds. The van der Waals surface area contributed by atoms with E-state index in [0.29, 0.717) is 17.8 Å². The number of fused-ring (bicyclic) bond motifs is 4. The van der Waals surface area contributed by atoms with Gasteiger partial charge in [0.15, 0.2) is 0 Å². The molecule has 3 aliphatic rings. The fourth-order valence-electron chi connectivity index (χ4n) is 6.90. The number of hydrogen-bond donors (Lipinski definition) is 1. The first kappa shape index (κ1) is 17.1. The van der Waals surface area contributed by atoms with E-state index in [4.69, 9.17) is 9.15 Å². The fourth-order valence-corrected chi connectivity index (χ4v) is 6.90. The van der Waals surface area contributed by atoms with Crippen molar-refractivity contribution in [3.8, 4) is 0 Å². The maximum Gasteiger partial charge on any atom is 0.314 e. The largest absolute Gasteiger partial charge is 0.469 e. The topological polar surface area (TPSA) is 59.7 Å². The van der Waals surface area contributed by atoms with Gasteiger partial charge in [-0.25, -0.2) is 0 Å². The molecule has 0 aliphatic heterocycles. The summed E-state index contributed by atoms with van der Waals surface area (Å²) < 4.78 is 11.0. The van der Waals surface area contributed by atoms with Crippen molar-refractivity contribution < 1.29 is 19.1 Å². The highest BCUT2D eigenvalue weighted by atomic mass is 16.5. The lowest BCUT2D eigenvalue weighted by atomic mass is 9.43. The Hall–Kier alpha value is -1.29. The van der Waals surface area contributed by atoms with Gasteiger partial charge in [-0.15, -0.1) is 0 Å². The van der Waals surface area contributed by atoms with Gasteiger partial charge in [-0.05, 0) is 66.4 Å². The Labute approximate surface area is 149 Å². The molecule has 3 aliphatic carbocycles. The predicted molar refractivity (Wildman–Crippen MR) is 94.0 cm³/mol. The summed E-state index contributed by atoms with van der Waals surface area (Å²) in [5, 5.41) is 10.2. The van der Waals surface area contributed by atoms with Crippen LogP contribution in [0.15, 0.2) is 16.7 Å². The van der Waals surface area contributed by atoms with Crippen molar-refractivity contribution in [2.75, 3.05) is 13.7 Å². The first-order valence-electron chi connectivity index (χ1n) is 9.73. The van der Waals surface area contributed by atoms with E-state index in [2.05, 4.69) is 19.9 Å². The van der Waals surface area contributed by atoms with Gasteiger partial charge in [-0.1, -0.05) is 20.3 Å². The maximum absolute atomic E-state index is 12.7. The Morgan fingerprint density at radius 1 is 1.40 bits per heavy atom. The van der Waals surface area contributed by atoms with Gasteiger partial charge in [0.2, 0.25) is 0 Å². The summed E-state index contributed by atoms with van der Waals surface area (Å²) in [6.07, 6.45) is 7.76. The molecule has 6 atom stereocenters. The molecule has 4 nitrogen and oxygen atoms in total. The van der Waals surface area contributed by atoms with E-state index in [1.54, 1.807) is 0 Å². The van der Waals surface area contributed by atoms with Crippen molar-refractivity contribution in [2.45, 2.75) is 58.3 Å². The van der Waals surface area contributed by atoms with Crippen molar-refractivity contribution in [3.05, 3.63) is 23.7 Å². The van der Waals surface area contributed by atoms with Gasteiger partial charge in [0.1, 0.15) is 5.76 Å². The standard InChI is InChI=1S/C21H30O4/c1-13-14-5-6-18-20(2,16(14)11-17-15(13)7-10-25-17)8-4-9-21(18,12-22)19(23)24-3/h7,10,13-14,16,18,22H,4-6,8-9,11-12H2,1-3H3. The molecule has 0 radical (unpaired) electrons. The summed E-state index contributed by atoms with van der Waals surface area (Å²) in [5.74, 6) is 2.76. The van der Waals surface area contributed by atoms with E-state index < -0.39 is 5.41 Å². The average molecular weight is 346 g/mol. The Morgan fingerprint density at radius 2 is 2.20 bits per heavy atom. The second-order valence-corrected chi connectivity index (χ2v) is 8.86. The SMILES string of the molecule is COC(=O)C1(CO)CCCC2(C)C3Cc4occc4C(C)C3CCC12. The molecular weight excluding hydrogens is 316 g/mol. The molecule has 4 heteroatoms. The van der Waals surface area contributed by atoms with E-state index in [9.17, 15) is 9.90 Å². The number of carbonyl (C=O) groups is 1. The van der Waals surface area contributed by atoms with Crippen LogP contribution in [0.4, 0.5) is 0 Å². The smallest absolute Gasteiger partial charge is 0.314 e. The fraction of sp³-hybridized carbons (Fsp3) is 0.762. The number of ether oxygens (including phenoxy) is 1. The molecule has 0 aromatic carbocycles. The average Bonchev–Trinajstić information content (AvgIpc) is 3.09. The first-order valence-corrected chi connectivity index (χ1v) is 9.73. The Balaban J connectivity index is 1.75. The molecule has 25 heavy (non-hydrogen) atoms. The second kappa shape index (κ2) is 5.87. The third-order valence-corrected chi connectivity index (χ3v) is 8.15. The highest BCUT2D eigenvalue weighted by Crippen LogP contribution is 2.65. The van der Waals surface area contributed by atoms with Crippen molar-refractivity contribution in [1.29, 1.82) is 0 Å². The van der Waals surface area contributed by atoms with Crippen LogP contribution in [-0.4, -0.2) is 24.8 Å². The van der Waals surface area contributed by atoms with Gasteiger partial charge in [0, 0.05) is 6.42 Å². The van der Waals surface area contributed by atoms with Crippen LogP contribution >= 0.6 is 0 Å². The quantitative estimate of drug-likeness (QED) is 0.825. The normalized spacial score (nSPS) is 42.9. The van der Waals surface area contributed by atoms with Gasteiger partial charge in [0.25, 0.3) is 0 Å². The lowest BCUT2D eigenvalue weighted by molar-refractivity contribution is -0.183. The summed E-state index contributed by atoms with van der Waals surface area (Å²) in [4.78, 5) is 12.7. The number of rotatable bonds is 2. The summed E-state index contributed by atoms with van der Waals surface area (Å²) in [6, 6.07) is 2.14. The van der Waals surface area contributed by atoms with Crippen molar-refractivity contribution in [1.82, 2.24) is 0 Å². The molecule has 138 valence electrons. The van der Waals surface area contributed by atoms with Crippen molar-refractivity contribution in [3.63, 3.8) is 0 Å². The number of methoxy groups -OCH3 is 1. The molecule has 0 saturated heterocycles. The molecule has 2 saturated carbocycles. The summed E-state index contributed by atoms with van der Waals surface area (Å²) in [5.41, 5.74) is 0.705. The lowest BCUT2D eigenvalue weighted by Crippen LogP contribution is -2.59. The molecule has 4 rings (SSSR count). The number of aliphatic hydroxyl groups is 1. The van der Waals surface area contributed by atoms with E-state index in [1.807, 2.05) is 6.26 Å². The molecule has 2 fully saturated rings. The van der Waals surface area contributed by atoms with Crippen LogP contribution in [0.3, 0.4) is 0 Å². The number of aliphatic hydroxyl groups excluding tert-OH is 1. The van der Waals surface area contributed by atoms with Crippen LogP contribution in [-0.2, 0) is 16.0 Å². The monoisotopic (exact) mass is 346 g/mol. The van der Waals surface area contributed by atoms with Gasteiger partial charge in [0.05, 0.1) is 25.4 Å². The van der Waals surface area contributed by atoms with E-state index >= 15 is 0 Å². The highest BCUT2D eigenvalue weighted by molar-refractivity contribution is 5.77. The van der Waals surface area contributed by atoms with Crippen molar-refractivity contribution in [2.24, 2.45) is 28.6 Å². The Morgan fingerprint density at radius 3 is 2.92 bits per heavy atom. The van der Waals surface area contributed by atoms with Gasteiger partial charge in [-0.3, -0.25) is 4.79 Å². The molecule has 1 N–H and O–H groups in total. The molecule has 0 bridgehead atoms. The van der Waals surface area contributed by atoms with E-state index in [-0.39, 0.29) is 23.9 Å². The van der Waals surface area contributed by atoms with Crippen LogP contribution in [0.1, 0.15) is 63.2 Å². The van der Waals surface area contributed by atoms with Gasteiger partial charge >= 0.3 is 5.97 Å². The second-order valence-electron chi connectivity index (χ2n) is 8.86. The summed E-state index contributed by atoms with van der Waals surface area (Å²) >= 11 is 0. The molecule has 0 spiro atoms. The predicted octanol–water partition coefficient (Wildman–Crippen LogP) is 3.92. The minimum Gasteiger partial charge on any atom is -0.469 e. The number of hydrogen-bond acceptors (Lipinski definition) is 4. The zero-order valence-electron chi connectivity index (χ0n) is 15.6. The minimum absolute atomic E-state index is 0.0524. The zero-order chi connectivity index (χ0) is 17.8. The van der Waals surface area contributed by atoms with Gasteiger partial charge in [-0.2, -0.15) is 0 Å². The molecule has 1 aromatic heterocycles. The molecular formula is C21H30O4. The van der Waals surface area contributed by atoms with E-state index in [1.165, 1.54) is 12.7 Å². The summed E-state index contributed by atoms with van der Waals surface area (Å²) in [6.45, 7) is 4.60. The zero-order valence-corrected chi connectivity index (χ0v) is 15.6. The molecule has 1 aromatic rings. The third kappa shape index (κ3) is 2.19. The van der Waals surface area contributed by atoms with Crippen LogP contribution < -0.4 is 0 Å². The van der Waals surface area contributed by atoms with Crippen molar-refractivity contribution >= 4 is 5.97 Å². The molecule has 6 unspecified atom stereocenters. The van der Waals surface area contributed by atoms with Crippen LogP contribution in [0, 0.1) is 28.6 Å². The number of furan rings is 1. The summed E-state index contributed by atoms with van der Waals surface area (Å²) in [7, 11) is 1.45. The lowest BCUT2D eigenvalue weighted by Gasteiger charge is -2.61. The van der Waals surface area contributed by atoms with Crippen LogP contribution in [0.5, 0.6) is 0 Å². The minimum atomic E-state index is -0.723. The number of esters is 1. The van der Waals surface area contributed by atoms with Crippen LogP contribution in [0.25, 0.3) is 0 Å². The maximum atomic E-state index is 12.7. The van der Waals surface area contributed by atoms with Gasteiger partial charge < -0.3 is 14.3 Å². The Bertz CT molecular complexity index is 665. The highest BCUT2D eigenvalue weighted by Gasteiger charge is 2.62. The third-order valence-electron chi connectivity index (χ3n) is 8.15. The van der Waals surface area contributed by atoms with Crippen LogP contribution in [0.2, 0.25) is 0 Å². The van der Waals surface area contributed by atoms with E-state index in [0.717, 1.165) is 44.3 Å². The Kier molecular flexibility index (Phi) is 4.02.